The van der Waals surface area contributed by atoms with Gasteiger partial charge in [0.1, 0.15) is 30.8 Å². The molecule has 3 rings (SSSR count). The predicted molar refractivity (Wildman–Crippen MR) is 110 cm³/mol. The minimum Gasteiger partial charge on any atom is -0.491 e. The fourth-order valence-electron chi connectivity index (χ4n) is 3.47. The first kappa shape index (κ1) is 22.1. The molecule has 2 atom stereocenters. The van der Waals surface area contributed by atoms with Gasteiger partial charge in [0.2, 0.25) is 0 Å². The summed E-state index contributed by atoms with van der Waals surface area (Å²) in [6.07, 6.45) is 1.27. The van der Waals surface area contributed by atoms with Crippen LogP contribution in [0.3, 0.4) is 0 Å². The van der Waals surface area contributed by atoms with Crippen molar-refractivity contribution in [3.05, 3.63) is 59.7 Å². The lowest BCUT2D eigenvalue weighted by Crippen LogP contribution is -2.40. The molecule has 0 amide bonds. The molecule has 2 aromatic rings. The number of benzene rings is 2. The molecule has 1 aliphatic rings. The van der Waals surface area contributed by atoms with Gasteiger partial charge in [-0.05, 0) is 54.7 Å². The summed E-state index contributed by atoms with van der Waals surface area (Å²) in [5.41, 5.74) is 0.658. The van der Waals surface area contributed by atoms with Gasteiger partial charge < -0.3 is 29.5 Å². The molecule has 0 spiro atoms. The van der Waals surface area contributed by atoms with Crippen molar-refractivity contribution in [1.29, 1.82) is 0 Å². The number of hydrogen-bond donors (Lipinski definition) is 3. The fourth-order valence-corrected chi connectivity index (χ4v) is 3.47. The van der Waals surface area contributed by atoms with E-state index in [1.165, 1.54) is 0 Å². The molecule has 1 saturated heterocycles. The molecule has 1 fully saturated rings. The molecular formula is C23H28O7. The highest BCUT2D eigenvalue weighted by atomic mass is 16.5. The Hall–Kier alpha value is -2.61. The molecule has 1 heterocycles. The molecule has 2 aromatic carbocycles. The molecule has 0 radical (unpaired) electrons. The van der Waals surface area contributed by atoms with E-state index >= 15 is 0 Å². The minimum atomic E-state index is -1.17. The lowest BCUT2D eigenvalue weighted by atomic mass is 9.91. The molecule has 7 heteroatoms. The van der Waals surface area contributed by atoms with Gasteiger partial charge in [0.05, 0.1) is 0 Å². The number of ether oxygens (including phenoxy) is 3. The molecule has 0 saturated carbocycles. The third kappa shape index (κ3) is 5.95. The Morgan fingerprint density at radius 3 is 2.43 bits per heavy atom. The zero-order valence-corrected chi connectivity index (χ0v) is 16.8. The second-order valence-corrected chi connectivity index (χ2v) is 7.47. The van der Waals surface area contributed by atoms with Gasteiger partial charge in [0, 0.05) is 19.6 Å². The van der Waals surface area contributed by atoms with Crippen molar-refractivity contribution in [3.63, 3.8) is 0 Å². The van der Waals surface area contributed by atoms with Crippen LogP contribution in [0, 0.1) is 0 Å². The number of hydrogen-bond acceptors (Lipinski definition) is 6. The van der Waals surface area contributed by atoms with Crippen molar-refractivity contribution in [2.45, 2.75) is 37.4 Å². The molecule has 7 nitrogen and oxygen atoms in total. The third-order valence-corrected chi connectivity index (χ3v) is 5.09. The van der Waals surface area contributed by atoms with Crippen LogP contribution in [-0.4, -0.2) is 59.4 Å². The van der Waals surface area contributed by atoms with Crippen LogP contribution in [0.15, 0.2) is 48.5 Å². The topological polar surface area (TPSA) is 105 Å². The fraction of sp³-hybridized carbons (Fsp3) is 0.435. The van der Waals surface area contributed by atoms with Crippen molar-refractivity contribution in [2.24, 2.45) is 0 Å². The highest BCUT2D eigenvalue weighted by molar-refractivity contribution is 5.78. The predicted octanol–water partition coefficient (Wildman–Crippen LogP) is 2.22. The Bertz CT molecular complexity index is 813. The summed E-state index contributed by atoms with van der Waals surface area (Å²) in [5.74, 6) is 0.245. The van der Waals surface area contributed by atoms with Crippen LogP contribution in [0.25, 0.3) is 0 Å². The maximum atomic E-state index is 11.7. The smallest absolute Gasteiger partial charge is 0.336 e. The molecule has 162 valence electrons. The van der Waals surface area contributed by atoms with E-state index in [1.54, 1.807) is 30.3 Å². The zero-order chi connectivity index (χ0) is 21.4. The average molecular weight is 416 g/mol. The van der Waals surface area contributed by atoms with Gasteiger partial charge >= 0.3 is 5.97 Å². The highest BCUT2D eigenvalue weighted by Crippen LogP contribution is 2.31. The number of carboxylic acids is 1. The Balaban J connectivity index is 1.48. The summed E-state index contributed by atoms with van der Waals surface area (Å²) in [7, 11) is 0. The number of aliphatic hydroxyl groups excluding tert-OH is 2. The van der Waals surface area contributed by atoms with Crippen LogP contribution in [0.2, 0.25) is 0 Å². The van der Waals surface area contributed by atoms with Crippen LogP contribution >= 0.6 is 0 Å². The molecule has 0 aliphatic carbocycles. The molecule has 0 bridgehead atoms. The van der Waals surface area contributed by atoms with E-state index in [2.05, 4.69) is 0 Å². The number of aliphatic hydroxyl groups is 2. The Morgan fingerprint density at radius 2 is 1.80 bits per heavy atom. The Kier molecular flexibility index (Phi) is 7.68. The lowest BCUT2D eigenvalue weighted by Gasteiger charge is -2.23. The van der Waals surface area contributed by atoms with E-state index in [4.69, 9.17) is 19.3 Å². The van der Waals surface area contributed by atoms with Crippen LogP contribution in [-0.2, 0) is 22.4 Å². The monoisotopic (exact) mass is 416 g/mol. The maximum absolute atomic E-state index is 11.7. The van der Waals surface area contributed by atoms with Gasteiger partial charge in [0.25, 0.3) is 0 Å². The molecular weight excluding hydrogens is 388 g/mol. The standard InChI is InChI=1S/C23H28O7/c24-11-9-17-5-7-20(8-6-17)28-15-19(25)16-29-21-4-1-3-18(13-21)14-23(22(26)27)10-2-12-30-23/h1,3-8,13,19,24-25H,2,9-12,14-16H2,(H,26,27)/t19-,23?/m0/s1. The van der Waals surface area contributed by atoms with Crippen molar-refractivity contribution in [3.8, 4) is 11.5 Å². The molecule has 30 heavy (non-hydrogen) atoms. The summed E-state index contributed by atoms with van der Waals surface area (Å²) in [5, 5.41) is 28.6. The Labute approximate surface area is 175 Å². The summed E-state index contributed by atoms with van der Waals surface area (Å²) in [4.78, 5) is 11.7. The van der Waals surface area contributed by atoms with E-state index in [0.717, 1.165) is 17.5 Å². The van der Waals surface area contributed by atoms with Crippen LogP contribution in [0.5, 0.6) is 11.5 Å². The number of carboxylic acid groups (broad SMARTS) is 1. The maximum Gasteiger partial charge on any atom is 0.336 e. The van der Waals surface area contributed by atoms with Crippen LogP contribution in [0.1, 0.15) is 24.0 Å². The van der Waals surface area contributed by atoms with Gasteiger partial charge in [-0.3, -0.25) is 0 Å². The first-order valence-corrected chi connectivity index (χ1v) is 10.1. The van der Waals surface area contributed by atoms with E-state index < -0.39 is 17.7 Å². The number of carbonyl (C=O) groups is 1. The van der Waals surface area contributed by atoms with E-state index in [0.29, 0.717) is 30.9 Å². The summed E-state index contributed by atoms with van der Waals surface area (Å²) in [6, 6.07) is 14.5. The second kappa shape index (κ2) is 10.4. The number of aliphatic carboxylic acids is 1. The first-order chi connectivity index (χ1) is 14.5. The molecule has 3 N–H and O–H groups in total. The summed E-state index contributed by atoms with van der Waals surface area (Å²) < 4.78 is 16.8. The lowest BCUT2D eigenvalue weighted by molar-refractivity contribution is -0.159. The molecule has 1 unspecified atom stereocenters. The first-order valence-electron chi connectivity index (χ1n) is 10.1. The molecule has 0 aromatic heterocycles. The highest BCUT2D eigenvalue weighted by Gasteiger charge is 2.42. The van der Waals surface area contributed by atoms with Gasteiger partial charge in [-0.2, -0.15) is 0 Å². The average Bonchev–Trinajstić information content (AvgIpc) is 3.22. The van der Waals surface area contributed by atoms with Gasteiger partial charge in [-0.15, -0.1) is 0 Å². The van der Waals surface area contributed by atoms with Crippen LogP contribution in [0.4, 0.5) is 0 Å². The van der Waals surface area contributed by atoms with E-state index in [9.17, 15) is 15.0 Å². The SMILES string of the molecule is O=C(O)C1(Cc2cccc(OC[C@@H](O)COc3ccc(CCO)cc3)c2)CCCO1. The van der Waals surface area contributed by atoms with Crippen molar-refractivity contribution < 1.29 is 34.3 Å². The van der Waals surface area contributed by atoms with Crippen LogP contribution < -0.4 is 9.47 Å². The summed E-state index contributed by atoms with van der Waals surface area (Å²) >= 11 is 0. The third-order valence-electron chi connectivity index (χ3n) is 5.09. The Morgan fingerprint density at radius 1 is 1.07 bits per heavy atom. The van der Waals surface area contributed by atoms with Crippen molar-refractivity contribution in [2.75, 3.05) is 26.4 Å². The molecule has 1 aliphatic heterocycles. The second-order valence-electron chi connectivity index (χ2n) is 7.47. The number of rotatable bonds is 11. The quantitative estimate of drug-likeness (QED) is 0.516. The normalized spacial score (nSPS) is 19.4. The van der Waals surface area contributed by atoms with Gasteiger partial charge in [-0.25, -0.2) is 4.79 Å². The van der Waals surface area contributed by atoms with Gasteiger partial charge in [-0.1, -0.05) is 24.3 Å². The van der Waals surface area contributed by atoms with E-state index in [1.807, 2.05) is 18.2 Å². The van der Waals surface area contributed by atoms with Crippen molar-refractivity contribution >= 4 is 5.97 Å². The summed E-state index contributed by atoms with van der Waals surface area (Å²) in [6.45, 7) is 0.683. The largest absolute Gasteiger partial charge is 0.491 e. The van der Waals surface area contributed by atoms with Crippen molar-refractivity contribution in [1.82, 2.24) is 0 Å². The van der Waals surface area contributed by atoms with Gasteiger partial charge in [0.15, 0.2) is 5.60 Å². The van der Waals surface area contributed by atoms with E-state index in [-0.39, 0.29) is 26.2 Å². The zero-order valence-electron chi connectivity index (χ0n) is 16.8. The minimum absolute atomic E-state index is 0.0482.